The predicted octanol–water partition coefficient (Wildman–Crippen LogP) is 4.34. The quantitative estimate of drug-likeness (QED) is 0.829. The van der Waals surface area contributed by atoms with E-state index in [1.54, 1.807) is 0 Å². The molecule has 2 unspecified atom stereocenters. The molecule has 0 spiro atoms. The van der Waals surface area contributed by atoms with Crippen LogP contribution in [0.2, 0.25) is 0 Å². The molecule has 0 aromatic heterocycles. The van der Waals surface area contributed by atoms with Gasteiger partial charge >= 0.3 is 0 Å². The molecule has 0 aromatic rings. The highest BCUT2D eigenvalue weighted by atomic mass is 15.2. The first-order chi connectivity index (χ1) is 10.3. The Balaban J connectivity index is 1.59. The van der Waals surface area contributed by atoms with Crippen LogP contribution in [-0.4, -0.2) is 36.1 Å². The topological polar surface area (TPSA) is 15.3 Å². The molecule has 3 fully saturated rings. The molecule has 1 heterocycles. The van der Waals surface area contributed by atoms with E-state index in [1.165, 1.54) is 96.7 Å². The van der Waals surface area contributed by atoms with Crippen molar-refractivity contribution in [3.8, 4) is 0 Å². The summed E-state index contributed by atoms with van der Waals surface area (Å²) in [6, 6.07) is 0.803. The molecule has 122 valence electrons. The first kappa shape index (κ1) is 15.8. The van der Waals surface area contributed by atoms with Gasteiger partial charge in [-0.3, -0.25) is 4.90 Å². The van der Waals surface area contributed by atoms with E-state index in [1.807, 2.05) is 0 Å². The van der Waals surface area contributed by atoms with Gasteiger partial charge in [-0.25, -0.2) is 0 Å². The van der Waals surface area contributed by atoms with Crippen molar-refractivity contribution in [3.63, 3.8) is 0 Å². The first-order valence-corrected chi connectivity index (χ1v) is 9.77. The molecule has 2 aliphatic carbocycles. The van der Waals surface area contributed by atoms with E-state index in [0.29, 0.717) is 5.54 Å². The van der Waals surface area contributed by atoms with Crippen molar-refractivity contribution in [2.75, 3.05) is 19.6 Å². The molecule has 0 aromatic carbocycles. The molecule has 2 atom stereocenters. The molecule has 2 saturated carbocycles. The van der Waals surface area contributed by atoms with Gasteiger partial charge in [-0.1, -0.05) is 45.4 Å². The minimum atomic E-state index is 0.513. The van der Waals surface area contributed by atoms with Crippen molar-refractivity contribution in [3.05, 3.63) is 0 Å². The zero-order valence-corrected chi connectivity index (χ0v) is 14.2. The molecular weight excluding hydrogens is 256 g/mol. The van der Waals surface area contributed by atoms with Crippen LogP contribution in [0.15, 0.2) is 0 Å². The Hall–Kier alpha value is -0.0800. The van der Waals surface area contributed by atoms with Gasteiger partial charge < -0.3 is 5.32 Å². The van der Waals surface area contributed by atoms with Crippen molar-refractivity contribution < 1.29 is 0 Å². The van der Waals surface area contributed by atoms with E-state index >= 15 is 0 Å². The maximum atomic E-state index is 4.02. The number of hydrogen-bond acceptors (Lipinski definition) is 2. The summed E-state index contributed by atoms with van der Waals surface area (Å²) in [5, 5.41) is 4.02. The minimum Gasteiger partial charge on any atom is -0.312 e. The highest BCUT2D eigenvalue weighted by Gasteiger charge is 2.38. The van der Waals surface area contributed by atoms with Crippen molar-refractivity contribution in [2.45, 2.75) is 95.6 Å². The zero-order valence-electron chi connectivity index (χ0n) is 14.2. The summed E-state index contributed by atoms with van der Waals surface area (Å²) in [6.07, 6.45) is 17.3. The number of nitrogens with zero attached hydrogens (tertiary/aromatic N) is 1. The molecule has 0 bridgehead atoms. The van der Waals surface area contributed by atoms with Crippen LogP contribution in [0.4, 0.5) is 0 Å². The molecule has 1 aliphatic heterocycles. The lowest BCUT2D eigenvalue weighted by atomic mass is 9.78. The van der Waals surface area contributed by atoms with Crippen LogP contribution in [0.5, 0.6) is 0 Å². The Morgan fingerprint density at radius 2 is 1.62 bits per heavy atom. The van der Waals surface area contributed by atoms with Crippen molar-refractivity contribution >= 4 is 0 Å². The number of likely N-dealkylation sites (tertiary alicyclic amines) is 1. The molecule has 1 N–H and O–H groups in total. The monoisotopic (exact) mass is 292 g/mol. The maximum Gasteiger partial charge on any atom is 0.0334 e. The second kappa shape index (κ2) is 7.46. The molecule has 1 saturated heterocycles. The van der Waals surface area contributed by atoms with E-state index in [4.69, 9.17) is 0 Å². The van der Waals surface area contributed by atoms with Crippen LogP contribution in [-0.2, 0) is 0 Å². The van der Waals surface area contributed by atoms with Gasteiger partial charge in [0.25, 0.3) is 0 Å². The van der Waals surface area contributed by atoms with Gasteiger partial charge in [0.2, 0.25) is 0 Å². The third-order valence-electron chi connectivity index (χ3n) is 6.47. The molecule has 3 rings (SSSR count). The first-order valence-electron chi connectivity index (χ1n) is 9.77. The van der Waals surface area contributed by atoms with E-state index in [9.17, 15) is 0 Å². The zero-order chi connectivity index (χ0) is 14.5. The standard InChI is InChI=1S/C19H36N2/c1-17-9-8-10-18(15-17)20-16-19(11-4-2-5-12-19)21-13-6-3-7-14-21/h17-18,20H,2-16H2,1H3. The molecule has 2 heteroatoms. The number of hydrogen-bond donors (Lipinski definition) is 1. The smallest absolute Gasteiger partial charge is 0.0334 e. The lowest BCUT2D eigenvalue weighted by Crippen LogP contribution is -2.58. The number of rotatable bonds is 4. The van der Waals surface area contributed by atoms with Crippen LogP contribution >= 0.6 is 0 Å². The number of nitrogens with one attached hydrogen (secondary N) is 1. The fourth-order valence-corrected chi connectivity index (χ4v) is 5.14. The largest absolute Gasteiger partial charge is 0.312 e. The Morgan fingerprint density at radius 3 is 2.33 bits per heavy atom. The molecule has 2 nitrogen and oxygen atoms in total. The van der Waals surface area contributed by atoms with E-state index in [2.05, 4.69) is 17.1 Å². The molecular formula is C19H36N2. The van der Waals surface area contributed by atoms with Gasteiger partial charge in [0.05, 0.1) is 0 Å². The van der Waals surface area contributed by atoms with Gasteiger partial charge in [-0.2, -0.15) is 0 Å². The Bertz CT molecular complexity index is 303. The van der Waals surface area contributed by atoms with Gasteiger partial charge in [0.1, 0.15) is 0 Å². The Labute approximate surface area is 132 Å². The lowest BCUT2D eigenvalue weighted by Gasteiger charge is -2.49. The average molecular weight is 293 g/mol. The van der Waals surface area contributed by atoms with Gasteiger partial charge in [-0.15, -0.1) is 0 Å². The van der Waals surface area contributed by atoms with E-state index in [-0.39, 0.29) is 0 Å². The van der Waals surface area contributed by atoms with Crippen molar-refractivity contribution in [1.29, 1.82) is 0 Å². The van der Waals surface area contributed by atoms with Crippen LogP contribution in [0.25, 0.3) is 0 Å². The summed E-state index contributed by atoms with van der Waals surface area (Å²) in [6.45, 7) is 6.44. The second-order valence-electron chi connectivity index (χ2n) is 8.18. The highest BCUT2D eigenvalue weighted by Crippen LogP contribution is 2.35. The van der Waals surface area contributed by atoms with Crippen molar-refractivity contribution in [2.24, 2.45) is 5.92 Å². The summed E-state index contributed by atoms with van der Waals surface area (Å²) in [7, 11) is 0. The molecule has 0 amide bonds. The van der Waals surface area contributed by atoms with Crippen LogP contribution in [0, 0.1) is 5.92 Å². The van der Waals surface area contributed by atoms with Crippen LogP contribution in [0.3, 0.4) is 0 Å². The normalized spacial score (nSPS) is 34.7. The maximum absolute atomic E-state index is 4.02. The summed E-state index contributed by atoms with van der Waals surface area (Å²) in [4.78, 5) is 2.88. The highest BCUT2D eigenvalue weighted by molar-refractivity contribution is 4.97. The summed E-state index contributed by atoms with van der Waals surface area (Å²) in [5.74, 6) is 0.938. The Kier molecular flexibility index (Phi) is 5.61. The minimum absolute atomic E-state index is 0.513. The SMILES string of the molecule is CC1CCCC(NCC2(N3CCCCC3)CCCCC2)C1. The lowest BCUT2D eigenvalue weighted by molar-refractivity contribution is 0.0298. The van der Waals surface area contributed by atoms with E-state index < -0.39 is 0 Å². The van der Waals surface area contributed by atoms with Gasteiger partial charge in [0.15, 0.2) is 0 Å². The fourth-order valence-electron chi connectivity index (χ4n) is 5.14. The van der Waals surface area contributed by atoms with Gasteiger partial charge in [0, 0.05) is 18.1 Å². The number of piperidine rings is 1. The third kappa shape index (κ3) is 4.01. The summed E-state index contributed by atoms with van der Waals surface area (Å²) >= 11 is 0. The van der Waals surface area contributed by atoms with Crippen LogP contribution < -0.4 is 5.32 Å². The third-order valence-corrected chi connectivity index (χ3v) is 6.47. The summed E-state index contributed by atoms with van der Waals surface area (Å²) in [5.41, 5.74) is 0.513. The van der Waals surface area contributed by atoms with Crippen LogP contribution in [0.1, 0.15) is 84.0 Å². The fraction of sp³-hybridized carbons (Fsp3) is 1.00. The molecule has 21 heavy (non-hydrogen) atoms. The summed E-state index contributed by atoms with van der Waals surface area (Å²) < 4.78 is 0. The predicted molar refractivity (Wildman–Crippen MR) is 90.7 cm³/mol. The van der Waals surface area contributed by atoms with Gasteiger partial charge in [-0.05, 0) is 57.5 Å². The second-order valence-corrected chi connectivity index (χ2v) is 8.18. The van der Waals surface area contributed by atoms with E-state index in [0.717, 1.165) is 12.0 Å². The molecule has 0 radical (unpaired) electrons. The average Bonchev–Trinajstić information content (AvgIpc) is 2.55. The Morgan fingerprint density at radius 1 is 0.905 bits per heavy atom. The van der Waals surface area contributed by atoms with Crippen molar-refractivity contribution in [1.82, 2.24) is 10.2 Å². The molecule has 3 aliphatic rings.